The van der Waals surface area contributed by atoms with Crippen LogP contribution in [0.1, 0.15) is 12.6 Å². The Morgan fingerprint density at radius 3 is 2.61 bits per heavy atom. The molecule has 0 amide bonds. The first-order valence-electron chi connectivity index (χ1n) is 6.84. The van der Waals surface area contributed by atoms with Gasteiger partial charge < -0.3 is 9.47 Å². The fourth-order valence-corrected chi connectivity index (χ4v) is 1.99. The third kappa shape index (κ3) is 5.28. The van der Waals surface area contributed by atoms with Crippen molar-refractivity contribution >= 4 is 5.97 Å². The van der Waals surface area contributed by atoms with Crippen molar-refractivity contribution in [1.82, 2.24) is 4.98 Å². The molecule has 0 saturated carbocycles. The van der Waals surface area contributed by atoms with Crippen LogP contribution in [0.5, 0.6) is 5.75 Å². The number of rotatable bonds is 5. The van der Waals surface area contributed by atoms with E-state index in [1.165, 1.54) is 24.4 Å². The van der Waals surface area contributed by atoms with Gasteiger partial charge in [0.25, 0.3) is 0 Å². The number of hydrogen-bond acceptors (Lipinski definition) is 4. The van der Waals surface area contributed by atoms with Crippen LogP contribution in [0.3, 0.4) is 0 Å². The molecule has 0 bridgehead atoms. The summed E-state index contributed by atoms with van der Waals surface area (Å²) in [4.78, 5) is 15.5. The number of alkyl halides is 3. The fraction of sp³-hybridized carbons (Fsp3) is 0.250. The van der Waals surface area contributed by atoms with E-state index in [4.69, 9.17) is 4.74 Å². The van der Waals surface area contributed by atoms with Crippen molar-refractivity contribution in [3.05, 3.63) is 48.3 Å². The molecule has 4 nitrogen and oxygen atoms in total. The second kappa shape index (κ2) is 7.13. The molecule has 2 rings (SSSR count). The molecule has 0 unspecified atom stereocenters. The SMILES string of the molecule is CCOC(=O)Cc1cc(-c2cccc(OC(F)(F)F)c2)ccn1. The van der Waals surface area contributed by atoms with Crippen LogP contribution in [-0.4, -0.2) is 23.9 Å². The second-order valence-electron chi connectivity index (χ2n) is 4.59. The lowest BCUT2D eigenvalue weighted by molar-refractivity contribution is -0.274. The molecule has 0 spiro atoms. The molecule has 23 heavy (non-hydrogen) atoms. The minimum atomic E-state index is -4.74. The lowest BCUT2D eigenvalue weighted by Gasteiger charge is -2.10. The highest BCUT2D eigenvalue weighted by Gasteiger charge is 2.31. The number of pyridine rings is 1. The van der Waals surface area contributed by atoms with Gasteiger partial charge in [-0.2, -0.15) is 0 Å². The van der Waals surface area contributed by atoms with Crippen LogP contribution in [0.15, 0.2) is 42.6 Å². The maximum absolute atomic E-state index is 12.3. The molecule has 0 aliphatic carbocycles. The number of carbonyl (C=O) groups excluding carboxylic acids is 1. The molecular formula is C16H14F3NO3. The van der Waals surface area contributed by atoms with Crippen LogP contribution in [0, 0.1) is 0 Å². The molecule has 1 aromatic carbocycles. The van der Waals surface area contributed by atoms with Gasteiger partial charge in [0.15, 0.2) is 0 Å². The van der Waals surface area contributed by atoms with Crippen LogP contribution >= 0.6 is 0 Å². The minimum absolute atomic E-state index is 0.000418. The number of hydrogen-bond donors (Lipinski definition) is 0. The van der Waals surface area contributed by atoms with Gasteiger partial charge in [0.05, 0.1) is 18.7 Å². The summed E-state index contributed by atoms with van der Waals surface area (Å²) in [5.74, 6) is -0.718. The quantitative estimate of drug-likeness (QED) is 0.786. The van der Waals surface area contributed by atoms with Crippen molar-refractivity contribution in [2.24, 2.45) is 0 Å². The van der Waals surface area contributed by atoms with E-state index < -0.39 is 12.3 Å². The van der Waals surface area contributed by atoms with Gasteiger partial charge in [-0.15, -0.1) is 13.2 Å². The third-order valence-electron chi connectivity index (χ3n) is 2.85. The average molecular weight is 325 g/mol. The van der Waals surface area contributed by atoms with Crippen LogP contribution in [-0.2, 0) is 16.0 Å². The predicted molar refractivity (Wildman–Crippen MR) is 76.7 cm³/mol. The Hall–Kier alpha value is -2.57. The van der Waals surface area contributed by atoms with Gasteiger partial charge in [-0.3, -0.25) is 9.78 Å². The largest absolute Gasteiger partial charge is 0.573 e. The standard InChI is InChI=1S/C16H14F3NO3/c1-2-22-15(21)10-13-8-12(6-7-20-13)11-4-3-5-14(9-11)23-16(17,18)19/h3-9H,2,10H2,1H3. The zero-order chi connectivity index (χ0) is 16.9. The summed E-state index contributed by atoms with van der Waals surface area (Å²) in [5.41, 5.74) is 1.63. The monoisotopic (exact) mass is 325 g/mol. The van der Waals surface area contributed by atoms with E-state index in [2.05, 4.69) is 9.72 Å². The van der Waals surface area contributed by atoms with Crippen LogP contribution in [0.25, 0.3) is 11.1 Å². The van der Waals surface area contributed by atoms with E-state index in [9.17, 15) is 18.0 Å². The smallest absolute Gasteiger partial charge is 0.466 e. The van der Waals surface area contributed by atoms with E-state index in [-0.39, 0.29) is 18.8 Å². The summed E-state index contributed by atoms with van der Waals surface area (Å²) >= 11 is 0. The Morgan fingerprint density at radius 1 is 1.17 bits per heavy atom. The molecule has 0 fully saturated rings. The molecule has 1 heterocycles. The highest BCUT2D eigenvalue weighted by Crippen LogP contribution is 2.28. The maximum atomic E-state index is 12.3. The van der Waals surface area contributed by atoms with Crippen molar-refractivity contribution in [3.63, 3.8) is 0 Å². The first kappa shape index (κ1) is 16.8. The lowest BCUT2D eigenvalue weighted by atomic mass is 10.1. The summed E-state index contributed by atoms with van der Waals surface area (Å²) in [6, 6.07) is 8.87. The van der Waals surface area contributed by atoms with Crippen molar-refractivity contribution in [2.45, 2.75) is 19.7 Å². The normalized spacial score (nSPS) is 11.1. The van der Waals surface area contributed by atoms with Gasteiger partial charge >= 0.3 is 12.3 Å². The molecule has 122 valence electrons. The Balaban J connectivity index is 2.21. The van der Waals surface area contributed by atoms with Gasteiger partial charge in [-0.05, 0) is 42.3 Å². The van der Waals surface area contributed by atoms with Crippen LogP contribution in [0.2, 0.25) is 0 Å². The number of ether oxygens (including phenoxy) is 2. The number of benzene rings is 1. The van der Waals surface area contributed by atoms with Crippen molar-refractivity contribution < 1.29 is 27.4 Å². The number of halogens is 3. The fourth-order valence-electron chi connectivity index (χ4n) is 1.99. The van der Waals surface area contributed by atoms with Crippen molar-refractivity contribution in [3.8, 4) is 16.9 Å². The Bertz CT molecular complexity index is 686. The second-order valence-corrected chi connectivity index (χ2v) is 4.59. The average Bonchev–Trinajstić information content (AvgIpc) is 2.46. The number of carbonyl (C=O) groups is 1. The molecule has 0 atom stereocenters. The molecule has 0 aliphatic heterocycles. The molecular weight excluding hydrogens is 311 g/mol. The number of aromatic nitrogens is 1. The van der Waals surface area contributed by atoms with Gasteiger partial charge in [0, 0.05) is 6.20 Å². The van der Waals surface area contributed by atoms with Crippen LogP contribution < -0.4 is 4.74 Å². The number of nitrogens with zero attached hydrogens (tertiary/aromatic N) is 1. The Labute approximate surface area is 130 Å². The molecule has 0 N–H and O–H groups in total. The molecule has 7 heteroatoms. The van der Waals surface area contributed by atoms with Gasteiger partial charge in [-0.1, -0.05) is 12.1 Å². The van der Waals surface area contributed by atoms with Gasteiger partial charge in [0.2, 0.25) is 0 Å². The van der Waals surface area contributed by atoms with Gasteiger partial charge in [-0.25, -0.2) is 0 Å². The molecule has 0 saturated heterocycles. The highest BCUT2D eigenvalue weighted by atomic mass is 19.4. The topological polar surface area (TPSA) is 48.4 Å². The third-order valence-corrected chi connectivity index (χ3v) is 2.85. The number of esters is 1. The predicted octanol–water partition coefficient (Wildman–Crippen LogP) is 3.75. The van der Waals surface area contributed by atoms with Crippen molar-refractivity contribution in [1.29, 1.82) is 0 Å². The summed E-state index contributed by atoms with van der Waals surface area (Å²) < 4.78 is 45.6. The summed E-state index contributed by atoms with van der Waals surface area (Å²) in [5, 5.41) is 0. The van der Waals surface area contributed by atoms with E-state index in [1.54, 1.807) is 25.1 Å². The first-order valence-corrected chi connectivity index (χ1v) is 6.84. The first-order chi connectivity index (χ1) is 10.9. The maximum Gasteiger partial charge on any atom is 0.573 e. The van der Waals surface area contributed by atoms with Crippen LogP contribution in [0.4, 0.5) is 13.2 Å². The van der Waals surface area contributed by atoms with Crippen molar-refractivity contribution in [2.75, 3.05) is 6.61 Å². The zero-order valence-corrected chi connectivity index (χ0v) is 12.3. The molecule has 0 radical (unpaired) electrons. The lowest BCUT2D eigenvalue weighted by Crippen LogP contribution is -2.17. The van der Waals surface area contributed by atoms with E-state index >= 15 is 0 Å². The summed E-state index contributed by atoms with van der Waals surface area (Å²) in [6.07, 6.45) is -3.26. The summed E-state index contributed by atoms with van der Waals surface area (Å²) in [6.45, 7) is 1.98. The van der Waals surface area contributed by atoms with Gasteiger partial charge in [0.1, 0.15) is 5.75 Å². The van der Waals surface area contributed by atoms with E-state index in [0.717, 1.165) is 0 Å². The Morgan fingerprint density at radius 2 is 1.91 bits per heavy atom. The highest BCUT2D eigenvalue weighted by molar-refractivity contribution is 5.73. The molecule has 0 aliphatic rings. The molecule has 1 aromatic heterocycles. The minimum Gasteiger partial charge on any atom is -0.466 e. The van der Waals surface area contributed by atoms with E-state index in [1.807, 2.05) is 0 Å². The summed E-state index contributed by atoms with van der Waals surface area (Å²) in [7, 11) is 0. The van der Waals surface area contributed by atoms with E-state index in [0.29, 0.717) is 16.8 Å². The zero-order valence-electron chi connectivity index (χ0n) is 12.3. The molecule has 2 aromatic rings. The Kier molecular flexibility index (Phi) is 5.20.